The third-order valence-corrected chi connectivity index (χ3v) is 3.85. The first-order chi connectivity index (χ1) is 9.59. The first kappa shape index (κ1) is 18.5. The van der Waals surface area contributed by atoms with E-state index in [0.717, 1.165) is 17.9 Å². The van der Waals surface area contributed by atoms with Gasteiger partial charge in [-0.25, -0.2) is 4.98 Å². The molecule has 7 heteroatoms. The average molecular weight is 343 g/mol. The van der Waals surface area contributed by atoms with Gasteiger partial charge in [-0.05, 0) is 12.5 Å². The molecule has 1 aromatic heterocycles. The Morgan fingerprint density at radius 1 is 1.23 bits per heavy atom. The van der Waals surface area contributed by atoms with E-state index in [-0.39, 0.29) is 30.7 Å². The first-order valence-corrected chi connectivity index (χ1v) is 6.73. The lowest BCUT2D eigenvalue weighted by molar-refractivity contribution is -0.138. The lowest BCUT2D eigenvalue weighted by atomic mass is 9.91. The Balaban J connectivity index is 0.00000121. The Labute approximate surface area is 142 Å². The normalized spacial score (nSPS) is 15.8. The molecule has 0 bridgehead atoms. The average Bonchev–Trinajstić information content (AvgIpc) is 2.94. The monoisotopic (exact) mass is 342 g/mol. The second-order valence-electron chi connectivity index (χ2n) is 5.33. The van der Waals surface area contributed by atoms with Gasteiger partial charge in [0.15, 0.2) is 0 Å². The van der Waals surface area contributed by atoms with Gasteiger partial charge in [0.1, 0.15) is 11.4 Å². The van der Waals surface area contributed by atoms with Crippen LogP contribution in [0.2, 0.25) is 0 Å². The number of aromatic nitrogens is 2. The van der Waals surface area contributed by atoms with E-state index in [2.05, 4.69) is 9.55 Å². The molecule has 0 fully saturated rings. The minimum Gasteiger partial charge on any atom is -0.332 e. The van der Waals surface area contributed by atoms with Gasteiger partial charge >= 0.3 is 0 Å². The molecule has 2 N–H and O–H groups in total. The molecular weight excluding hydrogens is 323 g/mol. The van der Waals surface area contributed by atoms with Crippen molar-refractivity contribution in [1.29, 1.82) is 0 Å². The fourth-order valence-electron chi connectivity index (χ4n) is 2.58. The number of benzene rings is 1. The molecule has 2 heterocycles. The molecule has 1 aliphatic heterocycles. The summed E-state index contributed by atoms with van der Waals surface area (Å²) in [4.78, 5) is 18.8. The number of hydrogen-bond acceptors (Lipinski definition) is 3. The summed E-state index contributed by atoms with van der Waals surface area (Å²) in [6.45, 7) is 3.73. The number of imidazole rings is 1. The highest BCUT2D eigenvalue weighted by Gasteiger charge is 2.35. The van der Waals surface area contributed by atoms with Crippen molar-refractivity contribution in [3.05, 3.63) is 54.1 Å². The Hall–Kier alpha value is -1.56. The SMILES string of the molecule is CC(N)(C(=O)N1CCn2ccnc2C1)c1ccccc1.Cl.Cl. The van der Waals surface area contributed by atoms with E-state index in [0.29, 0.717) is 13.1 Å². The number of nitrogens with two attached hydrogens (primary N) is 1. The van der Waals surface area contributed by atoms with Gasteiger partial charge in [0, 0.05) is 25.5 Å². The number of rotatable bonds is 2. The third kappa shape index (κ3) is 3.27. The number of fused-ring (bicyclic) bond motifs is 1. The van der Waals surface area contributed by atoms with Crippen LogP contribution in [-0.2, 0) is 23.4 Å². The lowest BCUT2D eigenvalue weighted by Crippen LogP contribution is -2.52. The van der Waals surface area contributed by atoms with Crippen LogP contribution in [0.5, 0.6) is 0 Å². The zero-order chi connectivity index (χ0) is 14.2. The second-order valence-corrected chi connectivity index (χ2v) is 5.33. The van der Waals surface area contributed by atoms with Gasteiger partial charge in [0.05, 0.1) is 6.54 Å². The maximum Gasteiger partial charge on any atom is 0.247 e. The summed E-state index contributed by atoms with van der Waals surface area (Å²) in [5.41, 5.74) is 6.12. The summed E-state index contributed by atoms with van der Waals surface area (Å²) >= 11 is 0. The number of carbonyl (C=O) groups excluding carboxylic acids is 1. The fourth-order valence-corrected chi connectivity index (χ4v) is 2.58. The van der Waals surface area contributed by atoms with Crippen LogP contribution in [0.25, 0.3) is 0 Å². The molecule has 1 unspecified atom stereocenters. The number of amides is 1. The third-order valence-electron chi connectivity index (χ3n) is 3.85. The van der Waals surface area contributed by atoms with E-state index in [1.165, 1.54) is 0 Å². The molecule has 120 valence electrons. The van der Waals surface area contributed by atoms with Crippen molar-refractivity contribution in [3.63, 3.8) is 0 Å². The molecule has 0 saturated carbocycles. The Bertz CT molecular complexity index is 627. The zero-order valence-corrected chi connectivity index (χ0v) is 13.9. The van der Waals surface area contributed by atoms with Crippen LogP contribution in [-0.4, -0.2) is 26.9 Å². The van der Waals surface area contributed by atoms with Crippen molar-refractivity contribution in [2.45, 2.75) is 25.6 Å². The van der Waals surface area contributed by atoms with Crippen LogP contribution in [0.4, 0.5) is 0 Å². The molecule has 1 atom stereocenters. The Morgan fingerprint density at radius 2 is 1.91 bits per heavy atom. The summed E-state index contributed by atoms with van der Waals surface area (Å²) in [5, 5.41) is 0. The van der Waals surface area contributed by atoms with E-state index in [1.54, 1.807) is 18.0 Å². The number of nitrogens with zero attached hydrogens (tertiary/aromatic N) is 3. The summed E-state index contributed by atoms with van der Waals surface area (Å²) in [5.74, 6) is 0.853. The van der Waals surface area contributed by atoms with Gasteiger partial charge in [-0.1, -0.05) is 30.3 Å². The zero-order valence-electron chi connectivity index (χ0n) is 12.3. The minimum absolute atomic E-state index is 0. The predicted molar refractivity (Wildman–Crippen MR) is 90.1 cm³/mol. The van der Waals surface area contributed by atoms with Gasteiger partial charge in [-0.2, -0.15) is 0 Å². The number of hydrogen-bond donors (Lipinski definition) is 1. The molecule has 0 saturated heterocycles. The lowest BCUT2D eigenvalue weighted by Gasteiger charge is -2.34. The van der Waals surface area contributed by atoms with E-state index in [4.69, 9.17) is 5.73 Å². The van der Waals surface area contributed by atoms with Gasteiger partial charge in [-0.3, -0.25) is 4.79 Å². The molecule has 5 nitrogen and oxygen atoms in total. The van der Waals surface area contributed by atoms with Crippen LogP contribution in [0.15, 0.2) is 42.7 Å². The summed E-state index contributed by atoms with van der Waals surface area (Å²) in [7, 11) is 0. The highest BCUT2D eigenvalue weighted by molar-refractivity contribution is 5.87. The predicted octanol–water partition coefficient (Wildman–Crippen LogP) is 1.94. The molecule has 0 spiro atoms. The maximum absolute atomic E-state index is 12.7. The number of carbonyl (C=O) groups is 1. The van der Waals surface area contributed by atoms with Crippen molar-refractivity contribution in [2.24, 2.45) is 5.73 Å². The van der Waals surface area contributed by atoms with E-state index < -0.39 is 5.54 Å². The van der Waals surface area contributed by atoms with Gasteiger partial charge in [-0.15, -0.1) is 24.8 Å². The highest BCUT2D eigenvalue weighted by atomic mass is 35.5. The number of halogens is 2. The summed E-state index contributed by atoms with van der Waals surface area (Å²) in [6.07, 6.45) is 3.71. The summed E-state index contributed by atoms with van der Waals surface area (Å²) in [6, 6.07) is 9.50. The van der Waals surface area contributed by atoms with Crippen LogP contribution in [0, 0.1) is 0 Å². The molecule has 1 aromatic carbocycles. The molecule has 3 rings (SSSR count). The van der Waals surface area contributed by atoms with E-state index in [1.807, 2.05) is 36.5 Å². The Morgan fingerprint density at radius 3 is 2.59 bits per heavy atom. The first-order valence-electron chi connectivity index (χ1n) is 6.73. The van der Waals surface area contributed by atoms with Crippen molar-refractivity contribution in [3.8, 4) is 0 Å². The van der Waals surface area contributed by atoms with Gasteiger partial charge in [0.2, 0.25) is 5.91 Å². The van der Waals surface area contributed by atoms with Crippen LogP contribution >= 0.6 is 24.8 Å². The molecule has 2 aromatic rings. The van der Waals surface area contributed by atoms with Crippen LogP contribution in [0.1, 0.15) is 18.3 Å². The molecule has 22 heavy (non-hydrogen) atoms. The molecular formula is C15H20Cl2N4O. The van der Waals surface area contributed by atoms with Crippen molar-refractivity contribution >= 4 is 30.7 Å². The van der Waals surface area contributed by atoms with E-state index >= 15 is 0 Å². The van der Waals surface area contributed by atoms with Crippen LogP contribution < -0.4 is 5.73 Å². The van der Waals surface area contributed by atoms with Crippen molar-refractivity contribution < 1.29 is 4.79 Å². The quantitative estimate of drug-likeness (QED) is 0.906. The fraction of sp³-hybridized carbons (Fsp3) is 0.333. The van der Waals surface area contributed by atoms with Crippen molar-refractivity contribution in [2.75, 3.05) is 6.54 Å². The maximum atomic E-state index is 12.7. The van der Waals surface area contributed by atoms with Gasteiger partial charge in [0.25, 0.3) is 0 Å². The molecule has 0 aliphatic carbocycles. The Kier molecular flexibility index (Phi) is 6.00. The standard InChI is InChI=1S/C15H18N4O.2ClH/c1-15(16,12-5-3-2-4-6-12)14(20)19-10-9-18-8-7-17-13(18)11-19;;/h2-8H,9-11,16H2,1H3;2*1H. The minimum atomic E-state index is -1.00. The topological polar surface area (TPSA) is 64.2 Å². The molecule has 1 aliphatic rings. The largest absolute Gasteiger partial charge is 0.332 e. The summed E-state index contributed by atoms with van der Waals surface area (Å²) < 4.78 is 2.07. The van der Waals surface area contributed by atoms with E-state index in [9.17, 15) is 4.79 Å². The second kappa shape index (κ2) is 7.13. The van der Waals surface area contributed by atoms with Crippen LogP contribution in [0.3, 0.4) is 0 Å². The molecule has 1 amide bonds. The smallest absolute Gasteiger partial charge is 0.247 e. The molecule has 0 radical (unpaired) electrons. The van der Waals surface area contributed by atoms with Crippen molar-refractivity contribution in [1.82, 2.24) is 14.5 Å². The van der Waals surface area contributed by atoms with Gasteiger partial charge < -0.3 is 15.2 Å². The highest BCUT2D eigenvalue weighted by Crippen LogP contribution is 2.22.